The molecule has 0 radical (unpaired) electrons. The first-order valence-electron chi connectivity index (χ1n) is 6.10. The normalized spacial score (nSPS) is 19.1. The van der Waals surface area contributed by atoms with Gasteiger partial charge in [0.15, 0.2) is 0 Å². The molecule has 4 heteroatoms. The van der Waals surface area contributed by atoms with Crippen molar-refractivity contribution < 1.29 is 0 Å². The molecule has 1 aromatic rings. The predicted molar refractivity (Wildman–Crippen MR) is 66.8 cm³/mol. The maximum atomic E-state index is 8.93. The average Bonchev–Trinajstić information content (AvgIpc) is 3.19. The maximum absolute atomic E-state index is 8.93. The number of rotatable bonds is 4. The highest BCUT2D eigenvalue weighted by Crippen LogP contribution is 2.46. The van der Waals surface area contributed by atoms with E-state index in [4.69, 9.17) is 16.9 Å². The SMILES string of the molecule is N#Cc1ccnc(NC(C2CC2)C2CC2)c1Cl. The van der Waals surface area contributed by atoms with Gasteiger partial charge in [-0.05, 0) is 43.6 Å². The third-order valence-corrected chi connectivity index (χ3v) is 3.96. The average molecular weight is 248 g/mol. The molecule has 0 spiro atoms. The number of anilines is 1. The smallest absolute Gasteiger partial charge is 0.146 e. The summed E-state index contributed by atoms with van der Waals surface area (Å²) in [5, 5.41) is 12.8. The fourth-order valence-corrected chi connectivity index (χ4v) is 2.53. The van der Waals surface area contributed by atoms with Crippen molar-refractivity contribution in [1.82, 2.24) is 4.98 Å². The van der Waals surface area contributed by atoms with Gasteiger partial charge in [0.05, 0.1) is 5.56 Å². The van der Waals surface area contributed by atoms with E-state index in [-0.39, 0.29) is 0 Å². The van der Waals surface area contributed by atoms with Crippen LogP contribution >= 0.6 is 11.6 Å². The van der Waals surface area contributed by atoms with Crippen LogP contribution in [0, 0.1) is 23.2 Å². The third-order valence-electron chi connectivity index (χ3n) is 3.57. The van der Waals surface area contributed by atoms with Crippen molar-refractivity contribution in [3.63, 3.8) is 0 Å². The van der Waals surface area contributed by atoms with Crippen LogP contribution in [0.4, 0.5) is 5.82 Å². The van der Waals surface area contributed by atoms with Crippen molar-refractivity contribution in [3.8, 4) is 6.07 Å². The van der Waals surface area contributed by atoms with E-state index in [1.54, 1.807) is 12.3 Å². The van der Waals surface area contributed by atoms with Gasteiger partial charge in [-0.15, -0.1) is 0 Å². The highest BCUT2D eigenvalue weighted by molar-refractivity contribution is 6.34. The van der Waals surface area contributed by atoms with Gasteiger partial charge in [0, 0.05) is 12.2 Å². The standard InChI is InChI=1S/C13H14ClN3/c14-11-10(7-15)5-6-16-13(11)17-12(8-1-2-8)9-3-4-9/h5-6,8-9,12H,1-4H2,(H,16,17). The Kier molecular flexibility index (Phi) is 2.68. The van der Waals surface area contributed by atoms with E-state index >= 15 is 0 Å². The summed E-state index contributed by atoms with van der Waals surface area (Å²) >= 11 is 6.16. The van der Waals surface area contributed by atoms with E-state index in [1.165, 1.54) is 25.7 Å². The lowest BCUT2D eigenvalue weighted by atomic mass is 10.1. The zero-order valence-corrected chi connectivity index (χ0v) is 10.2. The summed E-state index contributed by atoms with van der Waals surface area (Å²) in [6.07, 6.45) is 6.88. The summed E-state index contributed by atoms with van der Waals surface area (Å²) in [6, 6.07) is 4.24. The van der Waals surface area contributed by atoms with Crippen LogP contribution in [-0.4, -0.2) is 11.0 Å². The van der Waals surface area contributed by atoms with Crippen molar-refractivity contribution in [2.45, 2.75) is 31.7 Å². The monoisotopic (exact) mass is 247 g/mol. The van der Waals surface area contributed by atoms with Crippen LogP contribution in [0.15, 0.2) is 12.3 Å². The van der Waals surface area contributed by atoms with Gasteiger partial charge in [-0.1, -0.05) is 11.6 Å². The Morgan fingerprint density at radius 2 is 2.00 bits per heavy atom. The molecule has 2 aliphatic rings. The molecule has 0 aliphatic heterocycles. The molecule has 2 saturated carbocycles. The Morgan fingerprint density at radius 3 is 2.53 bits per heavy atom. The van der Waals surface area contributed by atoms with Crippen LogP contribution in [0.3, 0.4) is 0 Å². The molecule has 1 heterocycles. The summed E-state index contributed by atoms with van der Waals surface area (Å²) in [7, 11) is 0. The predicted octanol–water partition coefficient (Wildman–Crippen LogP) is 3.21. The van der Waals surface area contributed by atoms with Crippen LogP contribution in [0.2, 0.25) is 5.02 Å². The second-order valence-electron chi connectivity index (χ2n) is 4.98. The largest absolute Gasteiger partial charge is 0.366 e. The van der Waals surface area contributed by atoms with Crippen LogP contribution in [0.1, 0.15) is 31.2 Å². The van der Waals surface area contributed by atoms with Crippen molar-refractivity contribution in [1.29, 1.82) is 5.26 Å². The van der Waals surface area contributed by atoms with Crippen LogP contribution in [0.5, 0.6) is 0 Å². The van der Waals surface area contributed by atoms with Gasteiger partial charge in [0.25, 0.3) is 0 Å². The fraction of sp³-hybridized carbons (Fsp3) is 0.538. The highest BCUT2D eigenvalue weighted by Gasteiger charge is 2.41. The second-order valence-corrected chi connectivity index (χ2v) is 5.36. The molecule has 0 bridgehead atoms. The first-order valence-corrected chi connectivity index (χ1v) is 6.48. The number of nitrogens with zero attached hydrogens (tertiary/aromatic N) is 2. The Balaban J connectivity index is 1.81. The van der Waals surface area contributed by atoms with E-state index in [9.17, 15) is 0 Å². The number of halogens is 1. The number of pyridine rings is 1. The van der Waals surface area contributed by atoms with Gasteiger partial charge in [0.1, 0.15) is 16.9 Å². The molecule has 0 amide bonds. The summed E-state index contributed by atoms with van der Waals surface area (Å²) in [5.41, 5.74) is 0.495. The molecule has 0 aromatic carbocycles. The second kappa shape index (κ2) is 4.19. The highest BCUT2D eigenvalue weighted by atomic mass is 35.5. The fourth-order valence-electron chi connectivity index (χ4n) is 2.32. The van der Waals surface area contributed by atoms with Crippen molar-refractivity contribution in [2.75, 3.05) is 5.32 Å². The van der Waals surface area contributed by atoms with E-state index < -0.39 is 0 Å². The molecule has 1 N–H and O–H groups in total. The number of hydrogen-bond donors (Lipinski definition) is 1. The minimum absolute atomic E-state index is 0.460. The molecule has 3 rings (SSSR count). The molecular formula is C13H14ClN3. The Hall–Kier alpha value is -1.27. The van der Waals surface area contributed by atoms with Gasteiger partial charge in [-0.2, -0.15) is 5.26 Å². The van der Waals surface area contributed by atoms with Crippen molar-refractivity contribution in [2.24, 2.45) is 11.8 Å². The number of hydrogen-bond acceptors (Lipinski definition) is 3. The van der Waals surface area contributed by atoms with E-state index in [0.717, 1.165) is 11.8 Å². The Labute approximate surface area is 106 Å². The van der Waals surface area contributed by atoms with Gasteiger partial charge in [-0.3, -0.25) is 0 Å². The van der Waals surface area contributed by atoms with E-state index in [1.807, 2.05) is 0 Å². The molecule has 0 unspecified atom stereocenters. The van der Waals surface area contributed by atoms with E-state index in [0.29, 0.717) is 22.4 Å². The summed E-state index contributed by atoms with van der Waals surface area (Å²) < 4.78 is 0. The topological polar surface area (TPSA) is 48.7 Å². The van der Waals surface area contributed by atoms with Gasteiger partial charge in [0.2, 0.25) is 0 Å². The minimum atomic E-state index is 0.460. The molecule has 1 aromatic heterocycles. The quantitative estimate of drug-likeness (QED) is 0.889. The minimum Gasteiger partial charge on any atom is -0.366 e. The lowest BCUT2D eigenvalue weighted by Crippen LogP contribution is -2.25. The third kappa shape index (κ3) is 2.23. The lowest BCUT2D eigenvalue weighted by Gasteiger charge is -2.19. The zero-order chi connectivity index (χ0) is 11.8. The molecular weight excluding hydrogens is 234 g/mol. The molecule has 0 saturated heterocycles. The molecule has 3 nitrogen and oxygen atoms in total. The summed E-state index contributed by atoms with van der Waals surface area (Å²) in [4.78, 5) is 4.25. The molecule has 2 aliphatic carbocycles. The number of nitriles is 1. The number of nitrogens with one attached hydrogen (secondary N) is 1. The molecule has 17 heavy (non-hydrogen) atoms. The van der Waals surface area contributed by atoms with Crippen LogP contribution in [-0.2, 0) is 0 Å². The molecule has 88 valence electrons. The molecule has 0 atom stereocenters. The van der Waals surface area contributed by atoms with Crippen molar-refractivity contribution >= 4 is 17.4 Å². The number of aromatic nitrogens is 1. The maximum Gasteiger partial charge on any atom is 0.146 e. The van der Waals surface area contributed by atoms with Gasteiger partial charge >= 0.3 is 0 Å². The molecule has 2 fully saturated rings. The first-order chi connectivity index (χ1) is 8.29. The summed E-state index contributed by atoms with van der Waals surface area (Å²) in [5.74, 6) is 2.24. The zero-order valence-electron chi connectivity index (χ0n) is 9.49. The van der Waals surface area contributed by atoms with Crippen LogP contribution in [0.25, 0.3) is 0 Å². The summed E-state index contributed by atoms with van der Waals surface area (Å²) in [6.45, 7) is 0. The first kappa shape index (κ1) is 10.9. The van der Waals surface area contributed by atoms with Gasteiger partial charge in [-0.25, -0.2) is 4.98 Å². The van der Waals surface area contributed by atoms with E-state index in [2.05, 4.69) is 16.4 Å². The van der Waals surface area contributed by atoms with Crippen molar-refractivity contribution in [3.05, 3.63) is 22.8 Å². The van der Waals surface area contributed by atoms with Gasteiger partial charge < -0.3 is 5.32 Å². The van der Waals surface area contributed by atoms with Crippen LogP contribution < -0.4 is 5.32 Å². The Morgan fingerprint density at radius 1 is 1.35 bits per heavy atom. The Bertz CT molecular complexity index is 460. The lowest BCUT2D eigenvalue weighted by molar-refractivity contribution is 0.566.